The van der Waals surface area contributed by atoms with E-state index in [1.54, 1.807) is 0 Å². The normalized spacial score (nSPS) is 15.8. The fourth-order valence-electron chi connectivity index (χ4n) is 2.64. The maximum Gasteiger partial charge on any atom is 0.224 e. The van der Waals surface area contributed by atoms with Gasteiger partial charge in [0.2, 0.25) is 5.91 Å². The molecule has 0 saturated carbocycles. The van der Waals surface area contributed by atoms with E-state index in [4.69, 9.17) is 4.74 Å². The van der Waals surface area contributed by atoms with Crippen molar-refractivity contribution >= 4 is 16.8 Å². The molecule has 1 aliphatic rings. The minimum Gasteiger partial charge on any atom is -0.378 e. The largest absolute Gasteiger partial charge is 0.378 e. The van der Waals surface area contributed by atoms with Crippen LogP contribution in [0.15, 0.2) is 24.3 Å². The van der Waals surface area contributed by atoms with Crippen molar-refractivity contribution in [1.29, 1.82) is 0 Å². The predicted molar refractivity (Wildman–Crippen MR) is 76.5 cm³/mol. The van der Waals surface area contributed by atoms with Crippen molar-refractivity contribution in [2.75, 3.05) is 26.3 Å². The Morgan fingerprint density at radius 3 is 2.85 bits per heavy atom. The Labute approximate surface area is 118 Å². The number of rotatable bonds is 3. The zero-order valence-electron chi connectivity index (χ0n) is 11.7. The highest BCUT2D eigenvalue weighted by Gasteiger charge is 2.17. The van der Waals surface area contributed by atoms with E-state index in [0.717, 1.165) is 16.6 Å². The molecule has 0 bridgehead atoms. The Balaban J connectivity index is 1.69. The van der Waals surface area contributed by atoms with Gasteiger partial charge in [0, 0.05) is 24.9 Å². The molecule has 0 atom stereocenters. The molecule has 0 spiro atoms. The van der Waals surface area contributed by atoms with Gasteiger partial charge in [0.05, 0.1) is 31.0 Å². The maximum atomic E-state index is 12.1. The maximum absolute atomic E-state index is 12.1. The van der Waals surface area contributed by atoms with Crippen molar-refractivity contribution in [3.05, 3.63) is 30.0 Å². The highest BCUT2D eigenvalue weighted by atomic mass is 16.5. The van der Waals surface area contributed by atoms with Gasteiger partial charge < -0.3 is 9.64 Å². The first-order valence-electron chi connectivity index (χ1n) is 7.03. The van der Waals surface area contributed by atoms with Gasteiger partial charge in [-0.1, -0.05) is 18.2 Å². The number of fused-ring (bicyclic) bond motifs is 1. The summed E-state index contributed by atoms with van der Waals surface area (Å²) in [4.78, 5) is 14.0. The summed E-state index contributed by atoms with van der Waals surface area (Å²) in [6.07, 6.45) is 0.491. The van der Waals surface area contributed by atoms with Gasteiger partial charge >= 0.3 is 0 Å². The topological polar surface area (TPSA) is 47.4 Å². The quantitative estimate of drug-likeness (QED) is 0.853. The van der Waals surface area contributed by atoms with Gasteiger partial charge in [-0.15, -0.1) is 0 Å². The first-order valence-corrected chi connectivity index (χ1v) is 7.03. The van der Waals surface area contributed by atoms with E-state index in [-0.39, 0.29) is 5.91 Å². The van der Waals surface area contributed by atoms with Crippen LogP contribution in [0.3, 0.4) is 0 Å². The van der Waals surface area contributed by atoms with Crippen molar-refractivity contribution in [3.63, 3.8) is 0 Å². The zero-order chi connectivity index (χ0) is 13.9. The molecule has 3 rings (SSSR count). The molecule has 1 aromatic heterocycles. The molecule has 5 nitrogen and oxygen atoms in total. The number of ether oxygens (including phenoxy) is 1. The molecule has 1 saturated heterocycles. The monoisotopic (exact) mass is 273 g/mol. The molecule has 1 aromatic carbocycles. The lowest BCUT2D eigenvalue weighted by Gasteiger charge is -2.26. The highest BCUT2D eigenvalue weighted by Crippen LogP contribution is 2.17. The van der Waals surface area contributed by atoms with Gasteiger partial charge in [0.1, 0.15) is 0 Å². The standard InChI is InChI=1S/C15H19N3O2/c1-12-13-4-2-3-5-14(13)18(16-12)7-6-15(19)17-8-10-20-11-9-17/h2-5H,6-11H2,1H3. The van der Waals surface area contributed by atoms with Crippen LogP contribution in [0, 0.1) is 6.92 Å². The number of aryl methyl sites for hydroxylation is 2. The summed E-state index contributed by atoms with van der Waals surface area (Å²) in [6.45, 7) is 5.34. The van der Waals surface area contributed by atoms with Crippen LogP contribution in [0.1, 0.15) is 12.1 Å². The summed E-state index contributed by atoms with van der Waals surface area (Å²) in [5.74, 6) is 0.186. The lowest BCUT2D eigenvalue weighted by molar-refractivity contribution is -0.135. The lowest BCUT2D eigenvalue weighted by atomic mass is 10.2. The number of nitrogens with zero attached hydrogens (tertiary/aromatic N) is 3. The third kappa shape index (κ3) is 2.54. The third-order valence-electron chi connectivity index (χ3n) is 3.74. The summed E-state index contributed by atoms with van der Waals surface area (Å²) in [6, 6.07) is 8.14. The Hall–Kier alpha value is -1.88. The average molecular weight is 273 g/mol. The predicted octanol–water partition coefficient (Wildman–Crippen LogP) is 1.59. The number of para-hydroxylation sites is 1. The molecule has 2 aromatic rings. The summed E-state index contributed by atoms with van der Waals surface area (Å²) < 4.78 is 7.20. The number of benzene rings is 1. The summed E-state index contributed by atoms with van der Waals surface area (Å²) in [5.41, 5.74) is 2.11. The molecule has 0 N–H and O–H groups in total. The first-order chi connectivity index (χ1) is 9.75. The number of carbonyl (C=O) groups is 1. The fourth-order valence-corrected chi connectivity index (χ4v) is 2.64. The van der Waals surface area contributed by atoms with Crippen molar-refractivity contribution in [2.24, 2.45) is 0 Å². The Morgan fingerprint density at radius 2 is 2.05 bits per heavy atom. The van der Waals surface area contributed by atoms with Crippen LogP contribution >= 0.6 is 0 Å². The minimum absolute atomic E-state index is 0.186. The van der Waals surface area contributed by atoms with Gasteiger partial charge in [0.25, 0.3) is 0 Å². The number of carbonyl (C=O) groups excluding carboxylic acids is 1. The Morgan fingerprint density at radius 1 is 1.30 bits per heavy atom. The van der Waals surface area contributed by atoms with Crippen LogP contribution < -0.4 is 0 Å². The van der Waals surface area contributed by atoms with Crippen molar-refractivity contribution < 1.29 is 9.53 Å². The minimum atomic E-state index is 0.186. The first kappa shape index (κ1) is 13.1. The second-order valence-corrected chi connectivity index (χ2v) is 5.07. The second-order valence-electron chi connectivity index (χ2n) is 5.07. The molecular formula is C15H19N3O2. The van der Waals surface area contributed by atoms with Crippen molar-refractivity contribution in [3.8, 4) is 0 Å². The molecule has 0 unspecified atom stereocenters. The Kier molecular flexibility index (Phi) is 3.69. The number of hydrogen-bond donors (Lipinski definition) is 0. The van der Waals surface area contributed by atoms with E-state index < -0.39 is 0 Å². The van der Waals surface area contributed by atoms with Gasteiger partial charge in [0.15, 0.2) is 0 Å². The number of amides is 1. The Bertz CT molecular complexity index is 615. The fraction of sp³-hybridized carbons (Fsp3) is 0.467. The zero-order valence-corrected chi connectivity index (χ0v) is 11.7. The highest BCUT2D eigenvalue weighted by molar-refractivity contribution is 5.82. The molecule has 106 valence electrons. The summed E-state index contributed by atoms with van der Waals surface area (Å²) in [7, 11) is 0. The summed E-state index contributed by atoms with van der Waals surface area (Å²) >= 11 is 0. The van der Waals surface area contributed by atoms with E-state index in [1.165, 1.54) is 0 Å². The molecule has 0 aliphatic carbocycles. The summed E-state index contributed by atoms with van der Waals surface area (Å²) in [5, 5.41) is 5.69. The molecule has 0 radical (unpaired) electrons. The van der Waals surface area contributed by atoms with Gasteiger partial charge in [-0.05, 0) is 13.0 Å². The SMILES string of the molecule is Cc1nn(CCC(=O)N2CCOCC2)c2ccccc12. The van der Waals surface area contributed by atoms with Gasteiger partial charge in [-0.2, -0.15) is 5.10 Å². The van der Waals surface area contributed by atoms with E-state index in [9.17, 15) is 4.79 Å². The van der Waals surface area contributed by atoms with Crippen LogP contribution in [0.5, 0.6) is 0 Å². The lowest BCUT2D eigenvalue weighted by Crippen LogP contribution is -2.41. The third-order valence-corrected chi connectivity index (χ3v) is 3.74. The second kappa shape index (κ2) is 5.63. The van der Waals surface area contributed by atoms with Crippen LogP contribution in [-0.4, -0.2) is 46.9 Å². The van der Waals surface area contributed by atoms with Gasteiger partial charge in [-0.3, -0.25) is 9.48 Å². The van der Waals surface area contributed by atoms with E-state index in [1.807, 2.05) is 28.6 Å². The van der Waals surface area contributed by atoms with E-state index in [0.29, 0.717) is 39.3 Å². The molecule has 5 heteroatoms. The number of morpholine rings is 1. The number of aromatic nitrogens is 2. The molecule has 1 aliphatic heterocycles. The van der Waals surface area contributed by atoms with Crippen LogP contribution in [0.4, 0.5) is 0 Å². The van der Waals surface area contributed by atoms with Crippen LogP contribution in [0.2, 0.25) is 0 Å². The molecular weight excluding hydrogens is 254 g/mol. The van der Waals surface area contributed by atoms with Crippen molar-refractivity contribution in [1.82, 2.24) is 14.7 Å². The molecule has 1 fully saturated rings. The van der Waals surface area contributed by atoms with Crippen LogP contribution in [0.25, 0.3) is 10.9 Å². The smallest absolute Gasteiger partial charge is 0.224 e. The van der Waals surface area contributed by atoms with E-state index >= 15 is 0 Å². The number of hydrogen-bond acceptors (Lipinski definition) is 3. The van der Waals surface area contributed by atoms with Crippen molar-refractivity contribution in [2.45, 2.75) is 19.9 Å². The molecule has 2 heterocycles. The van der Waals surface area contributed by atoms with Crippen LogP contribution in [-0.2, 0) is 16.1 Å². The average Bonchev–Trinajstić information content (AvgIpc) is 2.83. The van der Waals surface area contributed by atoms with Gasteiger partial charge in [-0.25, -0.2) is 0 Å². The van der Waals surface area contributed by atoms with E-state index in [2.05, 4.69) is 17.2 Å². The molecule has 20 heavy (non-hydrogen) atoms. The molecule has 1 amide bonds.